The summed E-state index contributed by atoms with van der Waals surface area (Å²) in [6.07, 6.45) is -8.50. The number of alkyl halides is 6. The van der Waals surface area contributed by atoms with Crippen LogP contribution in [-0.2, 0) is 6.18 Å². The average Bonchev–Trinajstić information content (AvgIpc) is 2.73. The highest BCUT2D eigenvalue weighted by Crippen LogP contribution is 2.32. The Kier molecular flexibility index (Phi) is 3.80. The predicted octanol–water partition coefficient (Wildman–Crippen LogP) is 2.95. The number of carbonyl (C=O) groups excluding carboxylic acids is 1. The lowest BCUT2D eigenvalue weighted by atomic mass is 10.2. The van der Waals surface area contributed by atoms with Gasteiger partial charge in [-0.25, -0.2) is 4.98 Å². The summed E-state index contributed by atoms with van der Waals surface area (Å²) in [5.41, 5.74) is -2.17. The van der Waals surface area contributed by atoms with Crippen molar-refractivity contribution in [1.29, 1.82) is 0 Å². The second-order valence-corrected chi connectivity index (χ2v) is 4.54. The number of imidazole rings is 1. The molecule has 0 saturated heterocycles. The molecule has 0 spiro atoms. The Bertz CT molecular complexity index is 716. The molecule has 22 heavy (non-hydrogen) atoms. The van der Waals surface area contributed by atoms with Crippen LogP contribution in [0.1, 0.15) is 21.7 Å². The highest BCUT2D eigenvalue weighted by atomic mass is 19.4. The second kappa shape index (κ2) is 5.18. The third-order valence-electron chi connectivity index (χ3n) is 2.70. The van der Waals surface area contributed by atoms with Crippen LogP contribution >= 0.6 is 0 Å². The van der Waals surface area contributed by atoms with Crippen molar-refractivity contribution in [2.24, 2.45) is 0 Å². The zero-order valence-corrected chi connectivity index (χ0v) is 11.0. The minimum atomic E-state index is -4.97. The normalized spacial score (nSPS) is 12.7. The van der Waals surface area contributed by atoms with Gasteiger partial charge in [0.2, 0.25) is 0 Å². The van der Waals surface area contributed by atoms with Crippen molar-refractivity contribution in [3.63, 3.8) is 0 Å². The Morgan fingerprint density at radius 3 is 2.41 bits per heavy atom. The molecule has 2 aromatic rings. The van der Waals surface area contributed by atoms with Gasteiger partial charge in [0.1, 0.15) is 17.9 Å². The van der Waals surface area contributed by atoms with E-state index in [4.69, 9.17) is 0 Å². The lowest BCUT2D eigenvalue weighted by molar-refractivity contribution is -0.141. The summed E-state index contributed by atoms with van der Waals surface area (Å²) >= 11 is 0. The van der Waals surface area contributed by atoms with E-state index >= 15 is 0 Å². The number of carbonyl (C=O) groups is 1. The van der Waals surface area contributed by atoms with Crippen molar-refractivity contribution in [2.75, 3.05) is 6.54 Å². The molecule has 2 aromatic heterocycles. The molecule has 2 rings (SSSR count). The van der Waals surface area contributed by atoms with Gasteiger partial charge in [0, 0.05) is 6.20 Å². The van der Waals surface area contributed by atoms with Crippen molar-refractivity contribution in [2.45, 2.75) is 19.3 Å². The minimum Gasteiger partial charge on any atom is -0.342 e. The Morgan fingerprint density at radius 1 is 1.23 bits per heavy atom. The van der Waals surface area contributed by atoms with Gasteiger partial charge < -0.3 is 5.32 Å². The summed E-state index contributed by atoms with van der Waals surface area (Å²) in [7, 11) is 0. The lowest BCUT2D eigenvalue weighted by Gasteiger charge is -2.10. The van der Waals surface area contributed by atoms with Gasteiger partial charge in [-0.15, -0.1) is 0 Å². The molecule has 0 atom stereocenters. The first-order valence-electron chi connectivity index (χ1n) is 5.90. The fourth-order valence-corrected chi connectivity index (χ4v) is 1.83. The quantitative estimate of drug-likeness (QED) is 0.863. The number of nitrogens with one attached hydrogen (secondary N) is 1. The molecule has 0 unspecified atom stereocenters. The van der Waals surface area contributed by atoms with Gasteiger partial charge in [-0.05, 0) is 18.6 Å². The van der Waals surface area contributed by atoms with Crippen molar-refractivity contribution < 1.29 is 31.1 Å². The Labute approximate surface area is 119 Å². The van der Waals surface area contributed by atoms with E-state index < -0.39 is 36.2 Å². The second-order valence-electron chi connectivity index (χ2n) is 4.54. The summed E-state index contributed by atoms with van der Waals surface area (Å²) in [6.45, 7) is -0.174. The molecule has 0 aliphatic carbocycles. The monoisotopic (exact) mass is 325 g/mol. The first kappa shape index (κ1) is 16.1. The van der Waals surface area contributed by atoms with Crippen LogP contribution in [0.25, 0.3) is 5.65 Å². The molecule has 120 valence electrons. The van der Waals surface area contributed by atoms with E-state index in [-0.39, 0.29) is 5.65 Å². The van der Waals surface area contributed by atoms with E-state index in [1.807, 2.05) is 0 Å². The molecule has 4 nitrogen and oxygen atoms in total. The smallest absolute Gasteiger partial charge is 0.342 e. The number of rotatable bonds is 2. The third kappa shape index (κ3) is 3.31. The molecule has 0 aliphatic rings. The topological polar surface area (TPSA) is 46.4 Å². The van der Waals surface area contributed by atoms with E-state index in [9.17, 15) is 31.1 Å². The summed E-state index contributed by atoms with van der Waals surface area (Å²) in [5, 5.41) is 1.42. The maximum Gasteiger partial charge on any atom is 0.435 e. The molecule has 0 bridgehead atoms. The van der Waals surface area contributed by atoms with E-state index in [1.165, 1.54) is 23.6 Å². The maximum absolute atomic E-state index is 12.9. The number of pyridine rings is 1. The molecule has 0 aromatic carbocycles. The SMILES string of the molecule is Cc1ccc2nc(C(F)(F)F)c(C(=O)NCC(F)(F)F)n2c1. The maximum atomic E-state index is 12.9. The highest BCUT2D eigenvalue weighted by molar-refractivity contribution is 5.95. The van der Waals surface area contributed by atoms with Crippen LogP contribution in [0.2, 0.25) is 0 Å². The van der Waals surface area contributed by atoms with Crippen molar-refractivity contribution in [3.05, 3.63) is 35.3 Å². The predicted molar refractivity (Wildman–Crippen MR) is 63.3 cm³/mol. The summed E-state index contributed by atoms with van der Waals surface area (Å²) in [6, 6.07) is 2.71. The Hall–Kier alpha value is -2.26. The largest absolute Gasteiger partial charge is 0.435 e. The number of halogens is 6. The molecule has 0 fully saturated rings. The van der Waals surface area contributed by atoms with Gasteiger partial charge in [0.25, 0.3) is 5.91 Å². The number of amides is 1. The zero-order chi connectivity index (χ0) is 16.7. The summed E-state index contributed by atoms with van der Waals surface area (Å²) in [5.74, 6) is -1.50. The number of aryl methyl sites for hydroxylation is 1. The van der Waals surface area contributed by atoms with E-state index in [2.05, 4.69) is 4.98 Å². The number of fused-ring (bicyclic) bond motifs is 1. The number of hydrogen-bond acceptors (Lipinski definition) is 2. The zero-order valence-electron chi connectivity index (χ0n) is 11.0. The molecule has 1 amide bonds. The molecule has 10 heteroatoms. The number of aromatic nitrogens is 2. The van der Waals surface area contributed by atoms with Crippen LogP contribution < -0.4 is 5.32 Å². The Morgan fingerprint density at radius 2 is 1.86 bits per heavy atom. The van der Waals surface area contributed by atoms with Gasteiger partial charge in [-0.1, -0.05) is 6.07 Å². The first-order chi connectivity index (χ1) is 9.99. The average molecular weight is 325 g/mol. The molecular weight excluding hydrogens is 316 g/mol. The Balaban J connectivity index is 2.54. The molecule has 1 N–H and O–H groups in total. The van der Waals surface area contributed by atoms with Crippen LogP contribution in [0.3, 0.4) is 0 Å². The molecule has 0 aliphatic heterocycles. The summed E-state index contributed by atoms with van der Waals surface area (Å²) in [4.78, 5) is 15.1. The van der Waals surface area contributed by atoms with Gasteiger partial charge in [0.05, 0.1) is 0 Å². The minimum absolute atomic E-state index is 0.185. The van der Waals surface area contributed by atoms with Gasteiger partial charge in [-0.2, -0.15) is 26.3 Å². The van der Waals surface area contributed by atoms with Crippen molar-refractivity contribution >= 4 is 11.6 Å². The summed E-state index contributed by atoms with van der Waals surface area (Å²) < 4.78 is 76.0. The van der Waals surface area contributed by atoms with Crippen molar-refractivity contribution in [1.82, 2.24) is 14.7 Å². The number of hydrogen-bond donors (Lipinski definition) is 1. The van der Waals surface area contributed by atoms with E-state index in [0.29, 0.717) is 5.56 Å². The van der Waals surface area contributed by atoms with Crippen LogP contribution in [-0.4, -0.2) is 28.0 Å². The van der Waals surface area contributed by atoms with Gasteiger partial charge in [-0.3, -0.25) is 9.20 Å². The van der Waals surface area contributed by atoms with Crippen LogP contribution in [0.5, 0.6) is 0 Å². The molecule has 0 saturated carbocycles. The van der Waals surface area contributed by atoms with Crippen LogP contribution in [0.15, 0.2) is 18.3 Å². The standard InChI is InChI=1S/C12H9F6N3O/c1-6-2-3-7-20-9(12(16,17)18)8(21(7)4-6)10(22)19-5-11(13,14)15/h2-4H,5H2,1H3,(H,19,22). The highest BCUT2D eigenvalue weighted by Gasteiger charge is 2.40. The van der Waals surface area contributed by atoms with Crippen LogP contribution in [0.4, 0.5) is 26.3 Å². The fourth-order valence-electron chi connectivity index (χ4n) is 1.83. The van der Waals surface area contributed by atoms with Gasteiger partial charge in [0.15, 0.2) is 5.69 Å². The molecule has 2 heterocycles. The number of nitrogens with zero attached hydrogens (tertiary/aromatic N) is 2. The van der Waals surface area contributed by atoms with Crippen LogP contribution in [0, 0.1) is 6.92 Å². The lowest BCUT2D eigenvalue weighted by Crippen LogP contribution is -2.35. The van der Waals surface area contributed by atoms with Gasteiger partial charge >= 0.3 is 12.4 Å². The third-order valence-corrected chi connectivity index (χ3v) is 2.70. The molecule has 0 radical (unpaired) electrons. The van der Waals surface area contributed by atoms with E-state index in [1.54, 1.807) is 6.92 Å². The van der Waals surface area contributed by atoms with E-state index in [0.717, 1.165) is 4.40 Å². The first-order valence-corrected chi connectivity index (χ1v) is 5.90. The van der Waals surface area contributed by atoms with Crippen molar-refractivity contribution in [3.8, 4) is 0 Å². The fraction of sp³-hybridized carbons (Fsp3) is 0.333. The molecular formula is C12H9F6N3O.